The van der Waals surface area contributed by atoms with E-state index in [1.165, 1.54) is 9.13 Å². The van der Waals surface area contributed by atoms with Crippen molar-refractivity contribution in [2.75, 3.05) is 5.32 Å². The molecular formula is C14H12BrClIN. The van der Waals surface area contributed by atoms with Crippen molar-refractivity contribution < 1.29 is 0 Å². The van der Waals surface area contributed by atoms with Gasteiger partial charge in [0.15, 0.2) is 0 Å². The maximum Gasteiger partial charge on any atom is 0.0502 e. The Morgan fingerprint density at radius 3 is 2.56 bits per heavy atom. The van der Waals surface area contributed by atoms with Crippen molar-refractivity contribution in [3.05, 3.63) is 60.6 Å². The summed E-state index contributed by atoms with van der Waals surface area (Å²) in [5, 5.41) is 4.16. The second kappa shape index (κ2) is 6.26. The third-order valence-corrected chi connectivity index (χ3v) is 4.43. The van der Waals surface area contributed by atoms with Gasteiger partial charge in [0.2, 0.25) is 0 Å². The summed E-state index contributed by atoms with van der Waals surface area (Å²) in [6.07, 6.45) is 0. The van der Waals surface area contributed by atoms with Crippen molar-refractivity contribution in [1.82, 2.24) is 0 Å². The first kappa shape index (κ1) is 14.2. The molecule has 0 aromatic heterocycles. The molecule has 0 heterocycles. The van der Waals surface area contributed by atoms with Crippen molar-refractivity contribution in [2.45, 2.75) is 13.5 Å². The second-order valence-corrected chi connectivity index (χ2v) is 6.57. The van der Waals surface area contributed by atoms with E-state index in [0.717, 1.165) is 27.3 Å². The molecule has 0 fully saturated rings. The monoisotopic (exact) mass is 435 g/mol. The Labute approximate surface area is 134 Å². The van der Waals surface area contributed by atoms with E-state index in [2.05, 4.69) is 68.1 Å². The summed E-state index contributed by atoms with van der Waals surface area (Å²) in [6.45, 7) is 2.78. The van der Waals surface area contributed by atoms with Gasteiger partial charge in [0.1, 0.15) is 0 Å². The number of halogens is 3. The summed E-state index contributed by atoms with van der Waals surface area (Å²) in [4.78, 5) is 0. The van der Waals surface area contributed by atoms with Crippen LogP contribution in [0.25, 0.3) is 0 Å². The fourth-order valence-electron chi connectivity index (χ4n) is 1.58. The Hall–Kier alpha value is -0.260. The van der Waals surface area contributed by atoms with Gasteiger partial charge in [-0.2, -0.15) is 0 Å². The van der Waals surface area contributed by atoms with Crippen LogP contribution >= 0.6 is 50.1 Å². The summed E-state index contributed by atoms with van der Waals surface area (Å²) < 4.78 is 2.28. The van der Waals surface area contributed by atoms with Crippen LogP contribution in [-0.2, 0) is 6.54 Å². The molecular weight excluding hydrogens is 424 g/mol. The van der Waals surface area contributed by atoms with E-state index in [-0.39, 0.29) is 0 Å². The SMILES string of the molecule is Cc1cc(Br)c(NCc2ccc(I)cc2)cc1Cl. The molecule has 0 amide bonds. The number of hydrogen-bond acceptors (Lipinski definition) is 1. The molecule has 94 valence electrons. The molecule has 0 aliphatic carbocycles. The molecule has 2 aromatic rings. The van der Waals surface area contributed by atoms with Crippen LogP contribution < -0.4 is 5.32 Å². The maximum absolute atomic E-state index is 6.13. The van der Waals surface area contributed by atoms with Crippen molar-refractivity contribution in [3.63, 3.8) is 0 Å². The lowest BCUT2D eigenvalue weighted by Gasteiger charge is -2.10. The minimum Gasteiger partial charge on any atom is -0.380 e. The Morgan fingerprint density at radius 1 is 1.22 bits per heavy atom. The molecule has 0 saturated carbocycles. The molecule has 4 heteroatoms. The van der Waals surface area contributed by atoms with Gasteiger partial charge < -0.3 is 5.32 Å². The molecule has 0 atom stereocenters. The van der Waals surface area contributed by atoms with Crippen LogP contribution in [0.5, 0.6) is 0 Å². The van der Waals surface area contributed by atoms with E-state index >= 15 is 0 Å². The molecule has 2 aromatic carbocycles. The third-order valence-electron chi connectivity index (χ3n) is 2.64. The maximum atomic E-state index is 6.13. The van der Waals surface area contributed by atoms with E-state index in [1.807, 2.05) is 19.1 Å². The first-order chi connectivity index (χ1) is 8.56. The zero-order valence-corrected chi connectivity index (χ0v) is 14.3. The smallest absolute Gasteiger partial charge is 0.0502 e. The lowest BCUT2D eigenvalue weighted by molar-refractivity contribution is 1.14. The molecule has 0 spiro atoms. The summed E-state index contributed by atoms with van der Waals surface area (Å²) in [6, 6.07) is 12.4. The van der Waals surface area contributed by atoms with Crippen LogP contribution in [0.4, 0.5) is 5.69 Å². The minimum absolute atomic E-state index is 0.781. The van der Waals surface area contributed by atoms with Gasteiger partial charge in [-0.15, -0.1) is 0 Å². The average Bonchev–Trinajstić information content (AvgIpc) is 2.34. The number of hydrogen-bond donors (Lipinski definition) is 1. The Bertz CT molecular complexity index is 554. The molecule has 0 radical (unpaired) electrons. The molecule has 0 saturated heterocycles. The molecule has 0 aliphatic heterocycles. The largest absolute Gasteiger partial charge is 0.380 e. The zero-order valence-electron chi connectivity index (χ0n) is 9.81. The van der Waals surface area contributed by atoms with E-state index in [4.69, 9.17) is 11.6 Å². The Kier molecular flexibility index (Phi) is 4.92. The normalized spacial score (nSPS) is 10.4. The minimum atomic E-state index is 0.781. The number of benzene rings is 2. The van der Waals surface area contributed by atoms with Crippen LogP contribution in [0.1, 0.15) is 11.1 Å². The van der Waals surface area contributed by atoms with Gasteiger partial charge in [-0.05, 0) is 80.8 Å². The van der Waals surface area contributed by atoms with Crippen molar-refractivity contribution in [2.24, 2.45) is 0 Å². The molecule has 2 rings (SSSR count). The Morgan fingerprint density at radius 2 is 1.89 bits per heavy atom. The first-order valence-corrected chi connectivity index (χ1v) is 7.75. The second-order valence-electron chi connectivity index (χ2n) is 4.06. The van der Waals surface area contributed by atoms with Crippen molar-refractivity contribution >= 4 is 55.8 Å². The summed E-state index contributed by atoms with van der Waals surface area (Å²) >= 11 is 12.0. The fourth-order valence-corrected chi connectivity index (χ4v) is 2.70. The predicted molar refractivity (Wildman–Crippen MR) is 90.4 cm³/mol. The Balaban J connectivity index is 2.10. The van der Waals surface area contributed by atoms with Gasteiger partial charge in [0.05, 0.1) is 5.69 Å². The highest BCUT2D eigenvalue weighted by atomic mass is 127. The van der Waals surface area contributed by atoms with Crippen LogP contribution in [0.15, 0.2) is 40.9 Å². The number of nitrogens with one attached hydrogen (secondary N) is 1. The van der Waals surface area contributed by atoms with Gasteiger partial charge in [0, 0.05) is 19.6 Å². The van der Waals surface area contributed by atoms with E-state index in [9.17, 15) is 0 Å². The lowest BCUT2D eigenvalue weighted by Crippen LogP contribution is -2.00. The number of aryl methyl sites for hydroxylation is 1. The van der Waals surface area contributed by atoms with E-state index in [0.29, 0.717) is 0 Å². The van der Waals surface area contributed by atoms with Crippen molar-refractivity contribution in [3.8, 4) is 0 Å². The van der Waals surface area contributed by atoms with Gasteiger partial charge in [-0.3, -0.25) is 0 Å². The molecule has 0 unspecified atom stereocenters. The molecule has 1 nitrogen and oxygen atoms in total. The summed E-state index contributed by atoms with van der Waals surface area (Å²) in [5.74, 6) is 0. The summed E-state index contributed by atoms with van der Waals surface area (Å²) in [5.41, 5.74) is 3.34. The van der Waals surface area contributed by atoms with Crippen LogP contribution in [0, 0.1) is 10.5 Å². The summed E-state index contributed by atoms with van der Waals surface area (Å²) in [7, 11) is 0. The van der Waals surface area contributed by atoms with Gasteiger partial charge >= 0.3 is 0 Å². The van der Waals surface area contributed by atoms with Crippen molar-refractivity contribution in [1.29, 1.82) is 0 Å². The van der Waals surface area contributed by atoms with Gasteiger partial charge in [-0.25, -0.2) is 0 Å². The third kappa shape index (κ3) is 3.62. The highest BCUT2D eigenvalue weighted by Crippen LogP contribution is 2.29. The highest BCUT2D eigenvalue weighted by Gasteiger charge is 2.04. The first-order valence-electron chi connectivity index (χ1n) is 5.50. The van der Waals surface area contributed by atoms with Crippen LogP contribution in [-0.4, -0.2) is 0 Å². The van der Waals surface area contributed by atoms with Crippen LogP contribution in [0.2, 0.25) is 5.02 Å². The quantitative estimate of drug-likeness (QED) is 0.615. The standard InChI is InChI=1S/C14H12BrClIN/c1-9-6-12(15)14(7-13(9)16)18-8-10-2-4-11(17)5-3-10/h2-7,18H,8H2,1H3. The topological polar surface area (TPSA) is 12.0 Å². The highest BCUT2D eigenvalue weighted by molar-refractivity contribution is 14.1. The number of rotatable bonds is 3. The van der Waals surface area contributed by atoms with Crippen LogP contribution in [0.3, 0.4) is 0 Å². The van der Waals surface area contributed by atoms with Gasteiger partial charge in [0.25, 0.3) is 0 Å². The predicted octanol–water partition coefficient (Wildman–Crippen LogP) is 5.63. The molecule has 0 bridgehead atoms. The molecule has 18 heavy (non-hydrogen) atoms. The van der Waals surface area contributed by atoms with E-state index in [1.54, 1.807) is 0 Å². The number of anilines is 1. The lowest BCUT2D eigenvalue weighted by atomic mass is 10.2. The van der Waals surface area contributed by atoms with E-state index < -0.39 is 0 Å². The van der Waals surface area contributed by atoms with Gasteiger partial charge in [-0.1, -0.05) is 23.7 Å². The zero-order chi connectivity index (χ0) is 13.1. The molecule has 0 aliphatic rings. The molecule has 1 N–H and O–H groups in total. The fraction of sp³-hybridized carbons (Fsp3) is 0.143. The average molecular weight is 437 g/mol.